The van der Waals surface area contributed by atoms with Gasteiger partial charge >= 0.3 is 0 Å². The molecule has 100 valence electrons. The highest BCUT2D eigenvalue weighted by Gasteiger charge is 2.42. The number of nitrogens with zero attached hydrogens (tertiary/aromatic N) is 1. The van der Waals surface area contributed by atoms with Gasteiger partial charge in [0, 0.05) is 5.69 Å². The molecule has 1 aromatic rings. The van der Waals surface area contributed by atoms with Crippen LogP contribution in [0, 0.1) is 23.1 Å². The molecule has 0 spiro atoms. The molecule has 4 nitrogen and oxygen atoms in total. The Kier molecular flexibility index (Phi) is 3.70. The quantitative estimate of drug-likeness (QED) is 0.852. The number of halogens is 1. The average molecular weight is 261 g/mol. The van der Waals surface area contributed by atoms with Gasteiger partial charge in [-0.05, 0) is 43.9 Å². The number of rotatable bonds is 5. The summed E-state index contributed by atoms with van der Waals surface area (Å²) in [7, 11) is 0. The predicted octanol–water partition coefficient (Wildman–Crippen LogP) is 2.05. The van der Waals surface area contributed by atoms with Gasteiger partial charge in [0.15, 0.2) is 0 Å². The first-order valence-corrected chi connectivity index (χ1v) is 6.25. The minimum absolute atomic E-state index is 0.0213. The lowest BCUT2D eigenvalue weighted by Gasteiger charge is -2.23. The van der Waals surface area contributed by atoms with E-state index in [1.54, 1.807) is 19.1 Å². The van der Waals surface area contributed by atoms with E-state index >= 15 is 0 Å². The zero-order valence-electron chi connectivity index (χ0n) is 10.7. The van der Waals surface area contributed by atoms with Gasteiger partial charge in [0.05, 0.1) is 12.6 Å². The van der Waals surface area contributed by atoms with E-state index in [1.165, 1.54) is 12.1 Å². The molecule has 1 fully saturated rings. The fourth-order valence-corrected chi connectivity index (χ4v) is 2.00. The number of amides is 1. The Balaban J connectivity index is 1.86. The van der Waals surface area contributed by atoms with Gasteiger partial charge in [0.2, 0.25) is 5.91 Å². The van der Waals surface area contributed by atoms with Crippen molar-refractivity contribution >= 4 is 11.6 Å². The monoisotopic (exact) mass is 261 g/mol. The van der Waals surface area contributed by atoms with Crippen LogP contribution >= 0.6 is 0 Å². The van der Waals surface area contributed by atoms with Gasteiger partial charge in [-0.3, -0.25) is 4.79 Å². The van der Waals surface area contributed by atoms with Crippen LogP contribution in [0.25, 0.3) is 0 Å². The van der Waals surface area contributed by atoms with Crippen molar-refractivity contribution in [1.82, 2.24) is 5.32 Å². The van der Waals surface area contributed by atoms with E-state index in [2.05, 4.69) is 16.7 Å². The number of hydrogen-bond acceptors (Lipinski definition) is 3. The first kappa shape index (κ1) is 13.3. The van der Waals surface area contributed by atoms with Crippen molar-refractivity contribution in [1.29, 1.82) is 5.26 Å². The zero-order valence-corrected chi connectivity index (χ0v) is 10.7. The van der Waals surface area contributed by atoms with Gasteiger partial charge in [-0.1, -0.05) is 6.07 Å². The van der Waals surface area contributed by atoms with Crippen LogP contribution < -0.4 is 10.6 Å². The smallest absolute Gasteiger partial charge is 0.240 e. The lowest BCUT2D eigenvalue weighted by atomic mass is 9.98. The van der Waals surface area contributed by atoms with Gasteiger partial charge in [-0.15, -0.1) is 0 Å². The van der Waals surface area contributed by atoms with E-state index in [-0.39, 0.29) is 24.2 Å². The van der Waals surface area contributed by atoms with E-state index in [9.17, 15) is 9.18 Å². The molecule has 0 radical (unpaired) electrons. The molecule has 2 rings (SSSR count). The normalized spacial score (nSPS) is 17.1. The van der Waals surface area contributed by atoms with Crippen LogP contribution in [-0.2, 0) is 4.79 Å². The Labute approximate surface area is 111 Å². The molecule has 0 saturated heterocycles. The maximum absolute atomic E-state index is 12.9. The van der Waals surface area contributed by atoms with E-state index in [1.807, 2.05) is 0 Å². The molecule has 5 heteroatoms. The second-order valence-corrected chi connectivity index (χ2v) is 5.00. The molecular weight excluding hydrogens is 245 g/mol. The Bertz CT molecular complexity index is 522. The first-order chi connectivity index (χ1) is 9.03. The van der Waals surface area contributed by atoms with Crippen molar-refractivity contribution in [2.75, 3.05) is 11.9 Å². The molecule has 1 aliphatic carbocycles. The Hall–Kier alpha value is -2.09. The molecule has 2 N–H and O–H groups in total. The van der Waals surface area contributed by atoms with Crippen LogP contribution in [0.5, 0.6) is 0 Å². The third-order valence-electron chi connectivity index (χ3n) is 3.30. The molecule has 1 atom stereocenters. The van der Waals surface area contributed by atoms with E-state index in [0.29, 0.717) is 5.69 Å². The summed E-state index contributed by atoms with van der Waals surface area (Å²) in [6.45, 7) is 1.76. The standard InChI is InChI=1S/C14H16FN3O/c1-14(9-16,10-5-6-10)18-13(19)8-17-12-4-2-3-11(15)7-12/h2-4,7,10,17H,5-6,8H2,1H3,(H,18,19)/t14-/m0/s1. The van der Waals surface area contributed by atoms with Crippen molar-refractivity contribution < 1.29 is 9.18 Å². The van der Waals surface area contributed by atoms with Crippen LogP contribution in [0.4, 0.5) is 10.1 Å². The first-order valence-electron chi connectivity index (χ1n) is 6.25. The summed E-state index contributed by atoms with van der Waals surface area (Å²) < 4.78 is 12.9. The highest BCUT2D eigenvalue weighted by Crippen LogP contribution is 2.39. The van der Waals surface area contributed by atoms with Crippen LogP contribution in [0.1, 0.15) is 19.8 Å². The molecular formula is C14H16FN3O. The van der Waals surface area contributed by atoms with Gasteiger partial charge in [0.1, 0.15) is 11.4 Å². The van der Waals surface area contributed by atoms with E-state index in [4.69, 9.17) is 5.26 Å². The average Bonchev–Trinajstić information content (AvgIpc) is 3.21. The molecule has 1 aromatic carbocycles. The number of nitrogens with one attached hydrogen (secondary N) is 2. The van der Waals surface area contributed by atoms with Gasteiger partial charge < -0.3 is 10.6 Å². The Morgan fingerprint density at radius 1 is 1.58 bits per heavy atom. The zero-order chi connectivity index (χ0) is 13.9. The maximum Gasteiger partial charge on any atom is 0.240 e. The third kappa shape index (κ3) is 3.44. The maximum atomic E-state index is 12.9. The molecule has 0 aliphatic heterocycles. The molecule has 1 saturated carbocycles. The Morgan fingerprint density at radius 2 is 2.32 bits per heavy atom. The number of carbonyl (C=O) groups is 1. The summed E-state index contributed by atoms with van der Waals surface area (Å²) in [4.78, 5) is 11.8. The van der Waals surface area contributed by atoms with Crippen molar-refractivity contribution in [3.05, 3.63) is 30.1 Å². The van der Waals surface area contributed by atoms with E-state index < -0.39 is 5.54 Å². The SMILES string of the molecule is C[C@@](C#N)(NC(=O)CNc1cccc(F)c1)C1CC1. The molecule has 0 unspecified atom stereocenters. The van der Waals surface area contributed by atoms with Gasteiger partial charge in [-0.25, -0.2) is 4.39 Å². The van der Waals surface area contributed by atoms with Crippen molar-refractivity contribution in [2.24, 2.45) is 5.92 Å². The van der Waals surface area contributed by atoms with Gasteiger partial charge in [-0.2, -0.15) is 5.26 Å². The minimum atomic E-state index is -0.791. The molecule has 19 heavy (non-hydrogen) atoms. The van der Waals surface area contributed by atoms with Crippen LogP contribution in [0.2, 0.25) is 0 Å². The van der Waals surface area contributed by atoms with Crippen molar-refractivity contribution in [2.45, 2.75) is 25.3 Å². The number of benzene rings is 1. The second kappa shape index (κ2) is 5.27. The molecule has 0 heterocycles. The summed E-state index contributed by atoms with van der Waals surface area (Å²) >= 11 is 0. The lowest BCUT2D eigenvalue weighted by Crippen LogP contribution is -2.48. The minimum Gasteiger partial charge on any atom is -0.376 e. The van der Waals surface area contributed by atoms with Gasteiger partial charge in [0.25, 0.3) is 0 Å². The van der Waals surface area contributed by atoms with Crippen molar-refractivity contribution in [3.63, 3.8) is 0 Å². The molecule has 1 amide bonds. The molecule has 0 aromatic heterocycles. The largest absolute Gasteiger partial charge is 0.376 e. The summed E-state index contributed by atoms with van der Waals surface area (Å²) in [6.07, 6.45) is 1.95. The lowest BCUT2D eigenvalue weighted by molar-refractivity contribution is -0.120. The highest BCUT2D eigenvalue weighted by atomic mass is 19.1. The van der Waals surface area contributed by atoms with Crippen molar-refractivity contribution in [3.8, 4) is 6.07 Å². The summed E-state index contributed by atoms with van der Waals surface area (Å²) in [6, 6.07) is 8.06. The summed E-state index contributed by atoms with van der Waals surface area (Å²) in [5.41, 5.74) is -0.249. The predicted molar refractivity (Wildman–Crippen MR) is 69.8 cm³/mol. The van der Waals surface area contributed by atoms with Crippen LogP contribution in [0.15, 0.2) is 24.3 Å². The Morgan fingerprint density at radius 3 is 2.89 bits per heavy atom. The number of anilines is 1. The third-order valence-corrected chi connectivity index (χ3v) is 3.30. The number of nitriles is 1. The fourth-order valence-electron chi connectivity index (χ4n) is 2.00. The molecule has 0 bridgehead atoms. The highest BCUT2D eigenvalue weighted by molar-refractivity contribution is 5.81. The molecule has 1 aliphatic rings. The number of carbonyl (C=O) groups excluding carboxylic acids is 1. The topological polar surface area (TPSA) is 64.9 Å². The van der Waals surface area contributed by atoms with E-state index in [0.717, 1.165) is 12.8 Å². The van der Waals surface area contributed by atoms with Crippen LogP contribution in [0.3, 0.4) is 0 Å². The summed E-state index contributed by atoms with van der Waals surface area (Å²) in [5.74, 6) is -0.374. The summed E-state index contributed by atoms with van der Waals surface area (Å²) in [5, 5.41) is 14.7. The fraction of sp³-hybridized carbons (Fsp3) is 0.429. The number of hydrogen-bond donors (Lipinski definition) is 2. The second-order valence-electron chi connectivity index (χ2n) is 5.00. The van der Waals surface area contributed by atoms with Crippen LogP contribution in [-0.4, -0.2) is 18.0 Å².